The van der Waals surface area contributed by atoms with Crippen LogP contribution < -0.4 is 10.6 Å². The number of nitrogens with one attached hydrogen (secondary N) is 2. The zero-order chi connectivity index (χ0) is 19.2. The number of carbonyl (C=O) groups is 2. The molecule has 2 rings (SSSR count). The average molecular weight is 385 g/mol. The normalized spacial score (nSPS) is 11.1. The molecule has 0 saturated heterocycles. The lowest BCUT2D eigenvalue weighted by atomic mass is 10.1. The van der Waals surface area contributed by atoms with E-state index in [1.54, 1.807) is 24.3 Å². The maximum Gasteiger partial charge on any atom is 0.416 e. The van der Waals surface area contributed by atoms with Crippen LogP contribution in [0.1, 0.15) is 21.5 Å². The highest BCUT2D eigenvalue weighted by atomic mass is 35.5. The molecule has 0 aliphatic heterocycles. The van der Waals surface area contributed by atoms with Crippen LogP contribution in [0.2, 0.25) is 5.02 Å². The van der Waals surface area contributed by atoms with Crippen LogP contribution in [-0.4, -0.2) is 24.9 Å². The minimum Gasteiger partial charge on any atom is -0.354 e. The van der Waals surface area contributed by atoms with Gasteiger partial charge in [-0.25, -0.2) is 0 Å². The molecule has 0 spiro atoms. The molecule has 0 heterocycles. The highest BCUT2D eigenvalue weighted by molar-refractivity contribution is 6.33. The number of benzene rings is 2. The molecule has 2 aromatic rings. The Morgan fingerprint density at radius 1 is 0.962 bits per heavy atom. The summed E-state index contributed by atoms with van der Waals surface area (Å²) in [6.07, 6.45) is -3.99. The van der Waals surface area contributed by atoms with Crippen molar-refractivity contribution in [3.05, 3.63) is 70.2 Å². The summed E-state index contributed by atoms with van der Waals surface area (Å²) in [5.74, 6) is -0.870. The van der Waals surface area contributed by atoms with Gasteiger partial charge >= 0.3 is 6.18 Å². The van der Waals surface area contributed by atoms with Gasteiger partial charge in [-0.3, -0.25) is 9.59 Å². The molecule has 0 fully saturated rings. The van der Waals surface area contributed by atoms with Crippen LogP contribution in [0.3, 0.4) is 0 Å². The Balaban J connectivity index is 1.74. The summed E-state index contributed by atoms with van der Waals surface area (Å²) < 4.78 is 37.4. The molecule has 2 N–H and O–H groups in total. The first-order valence-electron chi connectivity index (χ1n) is 7.73. The predicted octanol–water partition coefficient (Wildman–Crippen LogP) is 3.45. The van der Waals surface area contributed by atoms with Gasteiger partial charge in [0, 0.05) is 6.54 Å². The molecule has 4 nitrogen and oxygen atoms in total. The number of alkyl halides is 3. The first kappa shape index (κ1) is 19.8. The number of carbonyl (C=O) groups excluding carboxylic acids is 2. The van der Waals surface area contributed by atoms with Gasteiger partial charge < -0.3 is 10.6 Å². The topological polar surface area (TPSA) is 58.2 Å². The molecule has 0 aromatic heterocycles. The lowest BCUT2D eigenvalue weighted by molar-refractivity contribution is -0.137. The van der Waals surface area contributed by atoms with E-state index in [1.807, 2.05) is 0 Å². The Bertz CT molecular complexity index is 777. The molecule has 8 heteroatoms. The van der Waals surface area contributed by atoms with Gasteiger partial charge in [-0.15, -0.1) is 0 Å². The van der Waals surface area contributed by atoms with Crippen molar-refractivity contribution in [3.63, 3.8) is 0 Å². The lowest BCUT2D eigenvalue weighted by Gasteiger charge is -2.09. The molecule has 138 valence electrons. The number of rotatable bonds is 6. The second-order valence-corrected chi connectivity index (χ2v) is 5.86. The third-order valence-electron chi connectivity index (χ3n) is 3.55. The van der Waals surface area contributed by atoms with Gasteiger partial charge in [-0.05, 0) is 36.2 Å². The maximum absolute atomic E-state index is 12.5. The fourth-order valence-corrected chi connectivity index (χ4v) is 2.39. The SMILES string of the molecule is O=C(CNC(=O)c1ccccc1Cl)NCCc1ccc(C(F)(F)F)cc1. The van der Waals surface area contributed by atoms with Gasteiger partial charge in [-0.2, -0.15) is 13.2 Å². The van der Waals surface area contributed by atoms with Gasteiger partial charge in [0.05, 0.1) is 22.7 Å². The molecule has 0 aliphatic rings. The third kappa shape index (κ3) is 5.77. The minimum atomic E-state index is -4.37. The molecule has 0 radical (unpaired) electrons. The Morgan fingerprint density at radius 2 is 1.62 bits per heavy atom. The number of hydrogen-bond donors (Lipinski definition) is 2. The molecule has 2 aromatic carbocycles. The molecule has 0 aliphatic carbocycles. The summed E-state index contributed by atoms with van der Waals surface area (Å²) in [7, 11) is 0. The van der Waals surface area contributed by atoms with E-state index in [9.17, 15) is 22.8 Å². The summed E-state index contributed by atoms with van der Waals surface area (Å²) in [6.45, 7) is 0.0171. The first-order valence-corrected chi connectivity index (χ1v) is 8.11. The van der Waals surface area contributed by atoms with Crippen LogP contribution in [0.4, 0.5) is 13.2 Å². The summed E-state index contributed by atoms with van der Waals surface area (Å²) >= 11 is 5.89. The van der Waals surface area contributed by atoms with E-state index in [1.165, 1.54) is 12.1 Å². The van der Waals surface area contributed by atoms with Gasteiger partial charge in [-0.1, -0.05) is 35.9 Å². The van der Waals surface area contributed by atoms with E-state index in [2.05, 4.69) is 10.6 Å². The van der Waals surface area contributed by atoms with Gasteiger partial charge in [0.1, 0.15) is 0 Å². The first-order chi connectivity index (χ1) is 12.3. The van der Waals surface area contributed by atoms with Crippen LogP contribution in [0.25, 0.3) is 0 Å². The van der Waals surface area contributed by atoms with Crippen molar-refractivity contribution in [2.75, 3.05) is 13.1 Å². The zero-order valence-corrected chi connectivity index (χ0v) is 14.3. The summed E-state index contributed by atoms with van der Waals surface area (Å²) in [6, 6.07) is 11.2. The third-order valence-corrected chi connectivity index (χ3v) is 3.87. The molecular weight excluding hydrogens is 369 g/mol. The smallest absolute Gasteiger partial charge is 0.354 e. The molecular formula is C18H16ClF3N2O2. The van der Waals surface area contributed by atoms with E-state index in [0.29, 0.717) is 12.0 Å². The van der Waals surface area contributed by atoms with Crippen molar-refractivity contribution in [1.82, 2.24) is 10.6 Å². The quantitative estimate of drug-likeness (QED) is 0.801. The van der Waals surface area contributed by atoms with Crippen LogP contribution in [0, 0.1) is 0 Å². The van der Waals surface area contributed by atoms with Crippen molar-refractivity contribution in [3.8, 4) is 0 Å². The molecule has 26 heavy (non-hydrogen) atoms. The highest BCUT2D eigenvalue weighted by Crippen LogP contribution is 2.29. The Hall–Kier alpha value is -2.54. The van der Waals surface area contributed by atoms with Crippen LogP contribution in [0.5, 0.6) is 0 Å². The standard InChI is InChI=1S/C18H16ClF3N2O2/c19-15-4-2-1-3-14(15)17(26)24-11-16(25)23-10-9-12-5-7-13(8-6-12)18(20,21)22/h1-8H,9-11H2,(H,23,25)(H,24,26). The molecule has 0 saturated carbocycles. The van der Waals surface area contributed by atoms with Crippen LogP contribution in [0.15, 0.2) is 48.5 Å². The van der Waals surface area contributed by atoms with Crippen molar-refractivity contribution < 1.29 is 22.8 Å². The molecule has 2 amide bonds. The van der Waals surface area contributed by atoms with E-state index >= 15 is 0 Å². The van der Waals surface area contributed by atoms with Crippen molar-refractivity contribution >= 4 is 23.4 Å². The van der Waals surface area contributed by atoms with E-state index in [4.69, 9.17) is 11.6 Å². The monoisotopic (exact) mass is 384 g/mol. The second kappa shape index (κ2) is 8.71. The average Bonchev–Trinajstić information content (AvgIpc) is 2.60. The summed E-state index contributed by atoms with van der Waals surface area (Å²) in [5.41, 5.74) is 0.220. The van der Waals surface area contributed by atoms with Crippen molar-refractivity contribution in [2.45, 2.75) is 12.6 Å². The number of amides is 2. The van der Waals surface area contributed by atoms with Crippen molar-refractivity contribution in [2.24, 2.45) is 0 Å². The zero-order valence-electron chi connectivity index (χ0n) is 13.6. The summed E-state index contributed by atoms with van der Waals surface area (Å²) in [4.78, 5) is 23.6. The van der Waals surface area contributed by atoms with Crippen molar-refractivity contribution in [1.29, 1.82) is 0 Å². The Morgan fingerprint density at radius 3 is 2.23 bits per heavy atom. The summed E-state index contributed by atoms with van der Waals surface area (Å²) in [5, 5.41) is 5.33. The maximum atomic E-state index is 12.5. The van der Waals surface area contributed by atoms with E-state index in [0.717, 1.165) is 12.1 Å². The molecule has 0 bridgehead atoms. The van der Waals surface area contributed by atoms with E-state index in [-0.39, 0.29) is 23.7 Å². The lowest BCUT2D eigenvalue weighted by Crippen LogP contribution is -2.37. The highest BCUT2D eigenvalue weighted by Gasteiger charge is 2.29. The molecule has 0 unspecified atom stereocenters. The fourth-order valence-electron chi connectivity index (χ4n) is 2.17. The second-order valence-electron chi connectivity index (χ2n) is 5.46. The largest absolute Gasteiger partial charge is 0.416 e. The van der Waals surface area contributed by atoms with Gasteiger partial charge in [0.2, 0.25) is 5.91 Å². The number of hydrogen-bond acceptors (Lipinski definition) is 2. The predicted molar refractivity (Wildman–Crippen MR) is 91.9 cm³/mol. The molecule has 0 atom stereocenters. The van der Waals surface area contributed by atoms with Gasteiger partial charge in [0.15, 0.2) is 0 Å². The number of halogens is 4. The Kier molecular flexibility index (Phi) is 6.63. The van der Waals surface area contributed by atoms with Crippen LogP contribution in [-0.2, 0) is 17.4 Å². The van der Waals surface area contributed by atoms with Crippen LogP contribution >= 0.6 is 11.6 Å². The van der Waals surface area contributed by atoms with E-state index < -0.39 is 23.6 Å². The van der Waals surface area contributed by atoms with Gasteiger partial charge in [0.25, 0.3) is 5.91 Å². The fraction of sp³-hybridized carbons (Fsp3) is 0.222. The minimum absolute atomic E-state index is 0.225. The Labute approximate surface area is 153 Å².